The lowest BCUT2D eigenvalue weighted by atomic mass is 9.87. The molecule has 2 heterocycles. The lowest BCUT2D eigenvalue weighted by Crippen LogP contribution is -2.67. The normalized spacial score (nSPS) is 24.6. The Kier molecular flexibility index (Phi) is 19.2. The van der Waals surface area contributed by atoms with Gasteiger partial charge in [0, 0.05) is 19.6 Å². The summed E-state index contributed by atoms with van der Waals surface area (Å²) in [4.78, 5) is 28.1. The number of sulfone groups is 1. The number of hydrogen-bond acceptors (Lipinski definition) is 10. The molecule has 6 rings (SSSR count). The number of esters is 1. The highest BCUT2D eigenvalue weighted by Crippen LogP contribution is 2.45. The van der Waals surface area contributed by atoms with Gasteiger partial charge >= 0.3 is 5.97 Å². The molecule has 14 heteroatoms. The monoisotopic (exact) mass is 1080 g/mol. The van der Waals surface area contributed by atoms with Crippen molar-refractivity contribution in [2.24, 2.45) is 5.92 Å². The first-order valence-corrected chi connectivity index (χ1v) is 32.7. The molecule has 0 radical (unpaired) electrons. The zero-order valence-corrected chi connectivity index (χ0v) is 49.6. The molecule has 4 aromatic carbocycles. The summed E-state index contributed by atoms with van der Waals surface area (Å²) in [6, 6.07) is 37.3. The molecule has 10 atom stereocenters. The first-order valence-electron chi connectivity index (χ1n) is 26.4. The predicted octanol–water partition coefficient (Wildman–Crippen LogP) is 11.3. The maximum Gasteiger partial charge on any atom is 0.338 e. The van der Waals surface area contributed by atoms with Gasteiger partial charge in [0.25, 0.3) is 8.32 Å². The lowest BCUT2D eigenvalue weighted by molar-refractivity contribution is -0.278. The summed E-state index contributed by atoms with van der Waals surface area (Å²) in [5.74, 6) is -2.24. The number of methoxy groups -OCH3 is 1. The van der Waals surface area contributed by atoms with Crippen LogP contribution in [0.25, 0.3) is 0 Å². The van der Waals surface area contributed by atoms with Crippen LogP contribution in [0, 0.1) is 5.92 Å². The van der Waals surface area contributed by atoms with Gasteiger partial charge in [0.1, 0.15) is 11.4 Å². The maximum atomic E-state index is 15.4. The van der Waals surface area contributed by atoms with Gasteiger partial charge in [-0.1, -0.05) is 170 Å². The molecule has 406 valence electrons. The molecule has 2 fully saturated rings. The second-order valence-corrected chi connectivity index (χ2v) is 34.4. The summed E-state index contributed by atoms with van der Waals surface area (Å²) in [6.07, 6.45) is 1.96. The first-order chi connectivity index (χ1) is 35.1. The SMILES string of the molecule is C=C1C[C@@](C)(OC)OC(C(OC(=O)c2ccccc2)C(/C(C)=C/C[C@@H]2O[C@H](C)[C@H](NC(=O)/C=C\[C@H](C)O[Si](c3ccccc3)(c3ccccc3)C(C)(C)C)C[C@@H]2C)S(=O)(=O)c2ccccc2)[C@H]1O[Si](C)(C)C(C)(C)C. The van der Waals surface area contributed by atoms with Gasteiger partial charge in [-0.15, -0.1) is 0 Å². The fraction of sp³-hybridized carbons (Fsp3) is 0.475. The Hall–Kier alpha value is -4.78. The van der Waals surface area contributed by atoms with E-state index in [0.29, 0.717) is 24.0 Å². The van der Waals surface area contributed by atoms with Crippen LogP contribution in [-0.4, -0.2) is 97.7 Å². The summed E-state index contributed by atoms with van der Waals surface area (Å²) in [5.41, 5.74) is 1.33. The number of nitrogens with one attached hydrogen (secondary N) is 1. The fourth-order valence-corrected chi connectivity index (χ4v) is 18.2. The van der Waals surface area contributed by atoms with Crippen LogP contribution in [0.2, 0.25) is 23.2 Å². The van der Waals surface area contributed by atoms with Crippen molar-refractivity contribution in [1.29, 1.82) is 0 Å². The quantitative estimate of drug-likeness (QED) is 0.0418. The number of amides is 1. The Balaban J connectivity index is 1.28. The van der Waals surface area contributed by atoms with Gasteiger partial charge in [0.05, 0.1) is 40.9 Å². The van der Waals surface area contributed by atoms with E-state index in [9.17, 15) is 9.59 Å². The second kappa shape index (κ2) is 24.3. The predicted molar refractivity (Wildman–Crippen MR) is 305 cm³/mol. The van der Waals surface area contributed by atoms with Gasteiger partial charge in [0.15, 0.2) is 30.0 Å². The summed E-state index contributed by atoms with van der Waals surface area (Å²) in [5, 5.41) is 3.61. The molecule has 1 amide bonds. The molecular formula is C61H83NO10SSi2. The highest BCUT2D eigenvalue weighted by Gasteiger charge is 2.55. The minimum atomic E-state index is -4.33. The Morgan fingerprint density at radius 3 is 1.91 bits per heavy atom. The second-order valence-electron chi connectivity index (χ2n) is 23.3. The third-order valence-corrected chi connectivity index (χ3v) is 27.4. The van der Waals surface area contributed by atoms with Crippen LogP contribution in [0.1, 0.15) is 106 Å². The van der Waals surface area contributed by atoms with Crippen molar-refractivity contribution >= 4 is 48.7 Å². The molecule has 0 aliphatic carbocycles. The summed E-state index contributed by atoms with van der Waals surface area (Å²) < 4.78 is 71.2. The number of ether oxygens (including phenoxy) is 4. The maximum absolute atomic E-state index is 15.4. The molecule has 0 spiro atoms. The van der Waals surface area contributed by atoms with Gasteiger partial charge in [-0.2, -0.15) is 0 Å². The van der Waals surface area contributed by atoms with Crippen molar-refractivity contribution in [2.45, 2.75) is 177 Å². The van der Waals surface area contributed by atoms with E-state index in [4.69, 9.17) is 27.8 Å². The smallest absolute Gasteiger partial charge is 0.338 e. The molecule has 2 saturated heterocycles. The molecule has 75 heavy (non-hydrogen) atoms. The van der Waals surface area contributed by atoms with Crippen molar-refractivity contribution < 1.29 is 45.8 Å². The Morgan fingerprint density at radius 1 is 0.853 bits per heavy atom. The Labute approximate surface area is 450 Å². The molecular weight excluding hydrogens is 995 g/mol. The van der Waals surface area contributed by atoms with Crippen LogP contribution < -0.4 is 15.7 Å². The molecule has 0 aromatic heterocycles. The van der Waals surface area contributed by atoms with Gasteiger partial charge in [-0.05, 0) is 110 Å². The van der Waals surface area contributed by atoms with Gasteiger partial charge in [0.2, 0.25) is 5.91 Å². The van der Waals surface area contributed by atoms with Crippen LogP contribution in [0.3, 0.4) is 0 Å². The molecule has 0 bridgehead atoms. The number of carbonyl (C=O) groups is 2. The van der Waals surface area contributed by atoms with Gasteiger partial charge in [-0.25, -0.2) is 13.2 Å². The van der Waals surface area contributed by atoms with Crippen LogP contribution in [0.15, 0.2) is 162 Å². The molecule has 0 saturated carbocycles. The van der Waals surface area contributed by atoms with Crippen LogP contribution in [0.4, 0.5) is 0 Å². The largest absolute Gasteiger partial charge is 0.454 e. The van der Waals surface area contributed by atoms with Crippen LogP contribution in [-0.2, 0) is 42.4 Å². The molecule has 2 aliphatic rings. The minimum absolute atomic E-state index is 0.0393. The number of rotatable bonds is 19. The Bertz CT molecular complexity index is 2680. The van der Waals surface area contributed by atoms with E-state index in [2.05, 4.69) is 122 Å². The molecule has 3 unspecified atom stereocenters. The third-order valence-electron chi connectivity index (χ3n) is 15.5. The number of carbonyl (C=O) groups excluding carboxylic acids is 2. The summed E-state index contributed by atoms with van der Waals surface area (Å²) >= 11 is 0. The Morgan fingerprint density at radius 2 is 1.39 bits per heavy atom. The van der Waals surface area contributed by atoms with E-state index in [1.165, 1.54) is 7.11 Å². The highest BCUT2D eigenvalue weighted by atomic mass is 32.2. The van der Waals surface area contributed by atoms with Gasteiger partial charge < -0.3 is 33.1 Å². The third kappa shape index (κ3) is 13.9. The zero-order valence-electron chi connectivity index (χ0n) is 46.8. The van der Waals surface area contributed by atoms with Crippen molar-refractivity contribution in [3.63, 3.8) is 0 Å². The number of hydrogen-bond donors (Lipinski definition) is 1. The molecule has 1 N–H and O–H groups in total. The van der Waals surface area contributed by atoms with Crippen molar-refractivity contribution in [2.75, 3.05) is 7.11 Å². The van der Waals surface area contributed by atoms with Crippen LogP contribution >= 0.6 is 0 Å². The van der Waals surface area contributed by atoms with Gasteiger partial charge in [-0.3, -0.25) is 4.79 Å². The zero-order chi connectivity index (χ0) is 55.1. The van der Waals surface area contributed by atoms with E-state index in [0.717, 1.165) is 10.4 Å². The summed E-state index contributed by atoms with van der Waals surface area (Å²) in [7, 11) is -8.27. The fourth-order valence-electron chi connectivity index (χ4n) is 10.2. The number of benzene rings is 4. The lowest BCUT2D eigenvalue weighted by Gasteiger charge is -2.50. The average molecular weight is 1080 g/mol. The van der Waals surface area contributed by atoms with E-state index in [1.54, 1.807) is 80.6 Å². The topological polar surface area (TPSA) is 136 Å². The minimum Gasteiger partial charge on any atom is -0.454 e. The first kappa shape index (κ1) is 59.5. The highest BCUT2D eigenvalue weighted by molar-refractivity contribution is 7.92. The molecule has 4 aromatic rings. The van der Waals surface area contributed by atoms with E-state index >= 15 is 8.42 Å². The van der Waals surface area contributed by atoms with E-state index < -0.39 is 61.8 Å². The van der Waals surface area contributed by atoms with Crippen molar-refractivity contribution in [3.8, 4) is 0 Å². The standard InChI is InChI=1S/C61H83NO10SSi2/c1-42(36-38-52-43(2)40-51(46(5)68-52)62-53(63)39-37-45(4)71-75(60(9,10)11,49-32-24-18-25-33-49)50-34-26-19-27-35-50)57(73(65,66)48-30-22-17-23-31-48)56(69-58(64)47-28-20-16-21-29-47)55-54(72-74(14,15)59(6,7)8)44(3)41-61(12,67-13)70-55/h16-37,39,43,45-46,51-52,54-57H,3,38,40-41H2,1-2,4-15H3,(H,62,63)/b39-37-,42-36+/t43-,45-,46+,51+,52-,54-,55?,56?,57?,61-/m0/s1. The van der Waals surface area contributed by atoms with E-state index in [-0.39, 0.29) is 63.1 Å². The van der Waals surface area contributed by atoms with Crippen molar-refractivity contribution in [3.05, 3.63) is 163 Å². The molecule has 2 aliphatic heterocycles. The van der Waals surface area contributed by atoms with Crippen LogP contribution in [0.5, 0.6) is 0 Å². The van der Waals surface area contributed by atoms with E-state index in [1.807, 2.05) is 38.1 Å². The average Bonchev–Trinajstić information content (AvgIpc) is 3.36. The molecule has 11 nitrogen and oxygen atoms in total. The summed E-state index contributed by atoms with van der Waals surface area (Å²) in [6.45, 7) is 31.3. The van der Waals surface area contributed by atoms with Crippen molar-refractivity contribution in [1.82, 2.24) is 5.32 Å².